The van der Waals surface area contributed by atoms with Gasteiger partial charge >= 0.3 is 0 Å². The van der Waals surface area contributed by atoms with Crippen LogP contribution in [0.5, 0.6) is 0 Å². The zero-order valence-electron chi connectivity index (χ0n) is 17.9. The molecule has 1 fully saturated rings. The first-order chi connectivity index (χ1) is 15.2. The predicted molar refractivity (Wildman–Crippen MR) is 122 cm³/mol. The molecule has 1 atom stereocenters. The highest BCUT2D eigenvalue weighted by atomic mass is 32.2. The molecule has 4 heterocycles. The first kappa shape index (κ1) is 21.1. The topological polar surface area (TPSA) is 87.7 Å². The van der Waals surface area contributed by atoms with E-state index in [4.69, 9.17) is 9.72 Å². The Labute approximate surface area is 189 Å². The largest absolute Gasteiger partial charge is 0.376 e. The molecule has 31 heavy (non-hydrogen) atoms. The van der Waals surface area contributed by atoms with Crippen molar-refractivity contribution in [1.82, 2.24) is 29.8 Å². The molecule has 3 aromatic heterocycles. The molecule has 0 aromatic carbocycles. The van der Waals surface area contributed by atoms with E-state index in [2.05, 4.69) is 22.4 Å². The van der Waals surface area contributed by atoms with Crippen LogP contribution in [-0.2, 0) is 36.4 Å². The Hall–Kier alpha value is -1.78. The van der Waals surface area contributed by atoms with Gasteiger partial charge in [0.1, 0.15) is 4.83 Å². The van der Waals surface area contributed by atoms with Crippen molar-refractivity contribution in [3.05, 3.63) is 26.6 Å². The molecule has 5 rings (SSSR count). The van der Waals surface area contributed by atoms with Crippen molar-refractivity contribution in [2.24, 2.45) is 0 Å². The molecule has 0 radical (unpaired) electrons. The van der Waals surface area contributed by atoms with E-state index in [1.165, 1.54) is 16.9 Å². The second-order valence-corrected chi connectivity index (χ2v) is 10.3. The lowest BCUT2D eigenvalue weighted by Crippen LogP contribution is -2.29. The summed E-state index contributed by atoms with van der Waals surface area (Å²) in [6, 6.07) is 0. The number of thiophene rings is 1. The third-order valence-corrected chi connectivity index (χ3v) is 8.27. The molecular formula is C21H28N6O2S2. The SMILES string of the molecule is CCCCn1nnnc1CSc1nc2sc3c(c2c(=O)n1CC1CCCO1)CCCC3. The fourth-order valence-corrected chi connectivity index (χ4v) is 6.66. The molecule has 0 saturated carbocycles. The highest BCUT2D eigenvalue weighted by Crippen LogP contribution is 2.35. The zero-order chi connectivity index (χ0) is 21.2. The van der Waals surface area contributed by atoms with Crippen molar-refractivity contribution in [2.45, 2.75) is 88.4 Å². The summed E-state index contributed by atoms with van der Waals surface area (Å²) in [5, 5.41) is 13.8. The monoisotopic (exact) mass is 460 g/mol. The van der Waals surface area contributed by atoms with Gasteiger partial charge in [-0.05, 0) is 60.9 Å². The average Bonchev–Trinajstić information content (AvgIpc) is 3.52. The molecule has 0 amide bonds. The molecule has 1 aliphatic heterocycles. The van der Waals surface area contributed by atoms with Crippen LogP contribution >= 0.6 is 23.1 Å². The van der Waals surface area contributed by atoms with Crippen molar-refractivity contribution in [2.75, 3.05) is 6.61 Å². The lowest BCUT2D eigenvalue weighted by atomic mass is 9.97. The van der Waals surface area contributed by atoms with Crippen LogP contribution in [-0.4, -0.2) is 42.5 Å². The second kappa shape index (κ2) is 9.38. The molecule has 1 unspecified atom stereocenters. The summed E-state index contributed by atoms with van der Waals surface area (Å²) in [6.45, 7) is 4.31. The molecule has 3 aromatic rings. The Morgan fingerprint density at radius 1 is 1.26 bits per heavy atom. The number of tetrazole rings is 1. The first-order valence-corrected chi connectivity index (χ1v) is 13.1. The Kier molecular flexibility index (Phi) is 6.38. The van der Waals surface area contributed by atoms with Crippen molar-refractivity contribution >= 4 is 33.3 Å². The summed E-state index contributed by atoms with van der Waals surface area (Å²) in [5.41, 5.74) is 1.33. The average molecular weight is 461 g/mol. The van der Waals surface area contributed by atoms with Gasteiger partial charge in [-0.25, -0.2) is 9.67 Å². The molecule has 2 aliphatic rings. The molecule has 0 spiro atoms. The van der Waals surface area contributed by atoms with Crippen molar-refractivity contribution < 1.29 is 4.74 Å². The zero-order valence-corrected chi connectivity index (χ0v) is 19.5. The highest BCUT2D eigenvalue weighted by molar-refractivity contribution is 7.98. The van der Waals surface area contributed by atoms with Gasteiger partial charge in [0.25, 0.3) is 5.56 Å². The van der Waals surface area contributed by atoms with Crippen LogP contribution in [0, 0.1) is 0 Å². The number of rotatable bonds is 8. The minimum absolute atomic E-state index is 0.0839. The van der Waals surface area contributed by atoms with Crippen LogP contribution in [0.1, 0.15) is 61.7 Å². The second-order valence-electron chi connectivity index (χ2n) is 8.30. The number of nitrogens with zero attached hydrogens (tertiary/aromatic N) is 6. The first-order valence-electron chi connectivity index (χ1n) is 11.3. The summed E-state index contributed by atoms with van der Waals surface area (Å²) >= 11 is 3.25. The quantitative estimate of drug-likeness (QED) is 0.375. The summed E-state index contributed by atoms with van der Waals surface area (Å²) in [4.78, 5) is 20.9. The van der Waals surface area contributed by atoms with Crippen LogP contribution in [0.3, 0.4) is 0 Å². The molecule has 8 nitrogen and oxygen atoms in total. The van der Waals surface area contributed by atoms with Gasteiger partial charge in [-0.2, -0.15) is 0 Å². The maximum absolute atomic E-state index is 13.7. The summed E-state index contributed by atoms with van der Waals surface area (Å²) in [5.74, 6) is 1.41. The maximum Gasteiger partial charge on any atom is 0.263 e. The number of hydrogen-bond donors (Lipinski definition) is 0. The van der Waals surface area contributed by atoms with Crippen molar-refractivity contribution in [3.63, 3.8) is 0 Å². The van der Waals surface area contributed by atoms with E-state index in [1.807, 2.05) is 9.25 Å². The van der Waals surface area contributed by atoms with Crippen LogP contribution in [0.4, 0.5) is 0 Å². The van der Waals surface area contributed by atoms with E-state index in [-0.39, 0.29) is 11.7 Å². The molecule has 1 aliphatic carbocycles. The van der Waals surface area contributed by atoms with Crippen LogP contribution in [0.25, 0.3) is 10.2 Å². The maximum atomic E-state index is 13.7. The van der Waals surface area contributed by atoms with E-state index >= 15 is 0 Å². The standard InChI is InChI=1S/C21H28N6O2S2/c1-2-3-10-27-17(23-24-25-27)13-30-21-22-19-18(15-8-4-5-9-16(15)31-19)20(28)26(21)12-14-7-6-11-29-14/h14H,2-13H2,1H3. The summed E-state index contributed by atoms with van der Waals surface area (Å²) < 4.78 is 9.57. The fraction of sp³-hybridized carbons (Fsp3) is 0.667. The van der Waals surface area contributed by atoms with Crippen LogP contribution in [0.2, 0.25) is 0 Å². The molecule has 1 saturated heterocycles. The summed E-state index contributed by atoms with van der Waals surface area (Å²) in [6.07, 6.45) is 8.67. The fourth-order valence-electron chi connectivity index (χ4n) is 4.42. The van der Waals surface area contributed by atoms with Gasteiger partial charge < -0.3 is 4.74 Å². The van der Waals surface area contributed by atoms with Gasteiger partial charge in [0, 0.05) is 18.0 Å². The highest BCUT2D eigenvalue weighted by Gasteiger charge is 2.25. The van der Waals surface area contributed by atoms with Crippen LogP contribution < -0.4 is 5.56 Å². The van der Waals surface area contributed by atoms with E-state index < -0.39 is 0 Å². The van der Waals surface area contributed by atoms with Crippen LogP contribution in [0.15, 0.2) is 9.95 Å². The number of aromatic nitrogens is 6. The Morgan fingerprint density at radius 2 is 2.16 bits per heavy atom. The molecule has 0 bridgehead atoms. The smallest absolute Gasteiger partial charge is 0.263 e. The number of unbranched alkanes of at least 4 members (excludes halogenated alkanes) is 1. The lowest BCUT2D eigenvalue weighted by Gasteiger charge is -2.16. The number of thioether (sulfide) groups is 1. The normalized spacial score (nSPS) is 18.7. The van der Waals surface area contributed by atoms with Gasteiger partial charge in [0.2, 0.25) is 0 Å². The van der Waals surface area contributed by atoms with Gasteiger partial charge in [0.05, 0.1) is 23.8 Å². The van der Waals surface area contributed by atoms with Crippen molar-refractivity contribution in [1.29, 1.82) is 0 Å². The number of aryl methyl sites for hydroxylation is 3. The van der Waals surface area contributed by atoms with E-state index in [9.17, 15) is 4.79 Å². The third-order valence-electron chi connectivity index (χ3n) is 6.11. The third kappa shape index (κ3) is 4.29. The molecule has 166 valence electrons. The Morgan fingerprint density at radius 3 is 3.00 bits per heavy atom. The molecular weight excluding hydrogens is 432 g/mol. The van der Waals surface area contributed by atoms with E-state index in [0.29, 0.717) is 12.3 Å². The Bertz CT molecular complexity index is 1120. The molecule has 10 heteroatoms. The van der Waals surface area contributed by atoms with E-state index in [1.54, 1.807) is 23.1 Å². The van der Waals surface area contributed by atoms with Crippen molar-refractivity contribution in [3.8, 4) is 0 Å². The lowest BCUT2D eigenvalue weighted by molar-refractivity contribution is 0.0937. The van der Waals surface area contributed by atoms with Gasteiger partial charge in [0.15, 0.2) is 11.0 Å². The number of ether oxygens (including phenoxy) is 1. The van der Waals surface area contributed by atoms with Gasteiger partial charge in [-0.3, -0.25) is 9.36 Å². The minimum Gasteiger partial charge on any atom is -0.376 e. The number of fused-ring (bicyclic) bond motifs is 3. The van der Waals surface area contributed by atoms with Gasteiger partial charge in [-0.1, -0.05) is 25.1 Å². The minimum atomic E-state index is 0.0839. The van der Waals surface area contributed by atoms with Gasteiger partial charge in [-0.15, -0.1) is 16.4 Å². The number of hydrogen-bond acceptors (Lipinski definition) is 8. The molecule has 0 N–H and O–H groups in total. The summed E-state index contributed by atoms with van der Waals surface area (Å²) in [7, 11) is 0. The Balaban J connectivity index is 1.49. The van der Waals surface area contributed by atoms with E-state index in [0.717, 1.165) is 79.3 Å². The predicted octanol–water partition coefficient (Wildman–Crippen LogP) is 3.59.